The molecule has 0 fully saturated rings. The van der Waals surface area contributed by atoms with Crippen molar-refractivity contribution in [1.29, 1.82) is 0 Å². The van der Waals surface area contributed by atoms with Crippen LogP contribution in [0.2, 0.25) is 0 Å². The van der Waals surface area contributed by atoms with Crippen molar-refractivity contribution in [3.8, 4) is 0 Å². The molecule has 8 nitrogen and oxygen atoms in total. The number of aryl methyl sites for hydroxylation is 1. The average Bonchev–Trinajstić information content (AvgIpc) is 3.07. The molecule has 4 aromatic rings. The molecule has 0 aliphatic rings. The Bertz CT molecular complexity index is 1710. The first-order valence-electron chi connectivity index (χ1n) is 9.70. The molecule has 0 radical (unpaired) electrons. The topological polar surface area (TPSA) is 114 Å². The highest BCUT2D eigenvalue weighted by Crippen LogP contribution is 2.32. The van der Waals surface area contributed by atoms with E-state index in [1.165, 1.54) is 42.5 Å². The number of para-hydroxylation sites is 2. The van der Waals surface area contributed by atoms with Gasteiger partial charge >= 0.3 is 6.18 Å². The number of benzene rings is 3. The van der Waals surface area contributed by atoms with E-state index in [0.29, 0.717) is 11.6 Å². The highest BCUT2D eigenvalue weighted by Gasteiger charge is 2.32. The Hall–Kier alpha value is -3.36. The molecule has 0 amide bonds. The Labute approximate surface area is 201 Å². The van der Waals surface area contributed by atoms with Gasteiger partial charge in [0.15, 0.2) is 0 Å². The summed E-state index contributed by atoms with van der Waals surface area (Å²) in [5.74, 6) is 0. The number of aromatic nitrogens is 1. The third-order valence-electron chi connectivity index (χ3n) is 4.94. The molecule has 4 rings (SSSR count). The molecule has 14 heteroatoms. The van der Waals surface area contributed by atoms with Gasteiger partial charge in [-0.1, -0.05) is 18.2 Å². The normalized spacial score (nSPS) is 12.6. The van der Waals surface area contributed by atoms with Gasteiger partial charge in [0.1, 0.15) is 0 Å². The van der Waals surface area contributed by atoms with E-state index >= 15 is 0 Å². The Morgan fingerprint density at radius 3 is 1.94 bits per heavy atom. The molecular formula is C21H16F3N3O5S3. The van der Waals surface area contributed by atoms with E-state index in [0.717, 1.165) is 29.7 Å². The first kappa shape index (κ1) is 24.8. The number of anilines is 2. The first-order chi connectivity index (χ1) is 16.3. The Kier molecular flexibility index (Phi) is 6.15. The lowest BCUT2D eigenvalue weighted by atomic mass is 10.2. The van der Waals surface area contributed by atoms with Crippen LogP contribution in [0.25, 0.3) is 10.9 Å². The molecule has 2 N–H and O–H groups in total. The Morgan fingerprint density at radius 2 is 1.37 bits per heavy atom. The second-order valence-electron chi connectivity index (χ2n) is 7.34. The van der Waals surface area contributed by atoms with E-state index in [1.54, 1.807) is 11.0 Å². The molecule has 0 atom stereocenters. The van der Waals surface area contributed by atoms with Crippen LogP contribution in [0.1, 0.15) is 5.56 Å². The molecule has 0 bridgehead atoms. The van der Waals surface area contributed by atoms with Crippen molar-refractivity contribution in [3.05, 3.63) is 81.8 Å². The lowest BCUT2D eigenvalue weighted by Gasteiger charge is -2.15. The van der Waals surface area contributed by atoms with Crippen LogP contribution >= 0.6 is 11.5 Å². The van der Waals surface area contributed by atoms with Crippen LogP contribution < -0.4 is 14.2 Å². The highest BCUT2D eigenvalue weighted by molar-refractivity contribution is 7.93. The van der Waals surface area contributed by atoms with Crippen LogP contribution in [0, 0.1) is 0 Å². The number of hydrogen-bond donors (Lipinski definition) is 2. The molecule has 35 heavy (non-hydrogen) atoms. The molecule has 1 heterocycles. The van der Waals surface area contributed by atoms with Crippen molar-refractivity contribution < 1.29 is 30.0 Å². The summed E-state index contributed by atoms with van der Waals surface area (Å²) in [6.45, 7) is 0. The maximum absolute atomic E-state index is 13.0. The highest BCUT2D eigenvalue weighted by atomic mass is 32.2. The fraction of sp³-hybridized carbons (Fsp3) is 0.0952. The lowest BCUT2D eigenvalue weighted by Crippen LogP contribution is -2.18. The fourth-order valence-electron chi connectivity index (χ4n) is 3.25. The zero-order valence-electron chi connectivity index (χ0n) is 17.7. The molecule has 0 unspecified atom stereocenters. The number of nitrogens with one attached hydrogen (secondary N) is 2. The standard InChI is InChI=1S/C21H16F3N3O5S3/c1-27-19-10-9-15(12-16(19)20(28)33-27)35(31,32)26-18-8-3-2-7-17(18)25-34(29,30)14-6-4-5-13(11-14)21(22,23)24/h2-12,25-26H,1H3. The van der Waals surface area contributed by atoms with Gasteiger partial charge in [0.25, 0.3) is 24.8 Å². The predicted octanol–water partition coefficient (Wildman–Crippen LogP) is 4.22. The lowest BCUT2D eigenvalue weighted by molar-refractivity contribution is -0.137. The van der Waals surface area contributed by atoms with E-state index in [4.69, 9.17) is 0 Å². The predicted molar refractivity (Wildman–Crippen MR) is 127 cm³/mol. The minimum Gasteiger partial charge on any atom is -0.297 e. The van der Waals surface area contributed by atoms with Crippen molar-refractivity contribution >= 4 is 53.9 Å². The number of hydrogen-bond acceptors (Lipinski definition) is 6. The van der Waals surface area contributed by atoms with Gasteiger partial charge in [-0.15, -0.1) is 0 Å². The van der Waals surface area contributed by atoms with E-state index in [1.807, 2.05) is 0 Å². The maximum atomic E-state index is 13.0. The minimum atomic E-state index is -4.75. The average molecular weight is 544 g/mol. The van der Waals surface area contributed by atoms with Gasteiger partial charge in [0, 0.05) is 7.05 Å². The molecule has 0 saturated heterocycles. The van der Waals surface area contributed by atoms with Gasteiger partial charge in [-0.2, -0.15) is 13.2 Å². The van der Waals surface area contributed by atoms with Crippen molar-refractivity contribution in [2.45, 2.75) is 16.0 Å². The van der Waals surface area contributed by atoms with Crippen LogP contribution in [-0.4, -0.2) is 20.8 Å². The molecule has 3 aromatic carbocycles. The third-order valence-corrected chi connectivity index (χ3v) is 8.53. The molecular weight excluding hydrogens is 527 g/mol. The second kappa shape index (κ2) is 8.70. The zero-order valence-corrected chi connectivity index (χ0v) is 20.1. The van der Waals surface area contributed by atoms with E-state index < -0.39 is 36.7 Å². The molecule has 0 aliphatic heterocycles. The van der Waals surface area contributed by atoms with Crippen LogP contribution in [0.5, 0.6) is 0 Å². The number of rotatable bonds is 6. The number of halogens is 3. The van der Waals surface area contributed by atoms with Crippen molar-refractivity contribution in [1.82, 2.24) is 3.96 Å². The number of sulfonamides is 2. The van der Waals surface area contributed by atoms with Crippen LogP contribution in [0.3, 0.4) is 0 Å². The first-order valence-corrected chi connectivity index (χ1v) is 13.4. The molecule has 184 valence electrons. The van der Waals surface area contributed by atoms with Gasteiger partial charge in [-0.25, -0.2) is 16.8 Å². The maximum Gasteiger partial charge on any atom is 0.416 e. The Balaban J connectivity index is 1.67. The van der Waals surface area contributed by atoms with E-state index in [9.17, 15) is 34.8 Å². The van der Waals surface area contributed by atoms with Gasteiger partial charge in [0.2, 0.25) is 0 Å². The van der Waals surface area contributed by atoms with Gasteiger partial charge in [0.05, 0.1) is 37.6 Å². The van der Waals surface area contributed by atoms with Gasteiger partial charge in [-0.05, 0) is 60.1 Å². The van der Waals surface area contributed by atoms with Crippen LogP contribution in [-0.2, 0) is 33.3 Å². The summed E-state index contributed by atoms with van der Waals surface area (Å²) < 4.78 is 96.2. The third kappa shape index (κ3) is 5.04. The van der Waals surface area contributed by atoms with Crippen molar-refractivity contribution in [2.24, 2.45) is 7.05 Å². The summed E-state index contributed by atoms with van der Waals surface area (Å²) in [5, 5.41) is 0.207. The summed E-state index contributed by atoms with van der Waals surface area (Å²) in [6, 6.07) is 12.5. The quantitative estimate of drug-likeness (QED) is 0.378. The van der Waals surface area contributed by atoms with Crippen molar-refractivity contribution in [2.75, 3.05) is 9.44 Å². The van der Waals surface area contributed by atoms with Crippen molar-refractivity contribution in [3.63, 3.8) is 0 Å². The molecule has 0 spiro atoms. The summed E-state index contributed by atoms with van der Waals surface area (Å²) in [4.78, 5) is 11.2. The summed E-state index contributed by atoms with van der Waals surface area (Å²) >= 11 is 0.914. The molecule has 0 aliphatic carbocycles. The number of nitrogens with zero attached hydrogens (tertiary/aromatic N) is 1. The number of fused-ring (bicyclic) bond motifs is 1. The summed E-state index contributed by atoms with van der Waals surface area (Å²) in [6.07, 6.45) is -4.75. The molecule has 1 aromatic heterocycles. The molecule has 0 saturated carbocycles. The minimum absolute atomic E-state index is 0.165. The summed E-state index contributed by atoms with van der Waals surface area (Å²) in [5.41, 5.74) is -0.972. The fourth-order valence-corrected chi connectivity index (χ4v) is 6.25. The second-order valence-corrected chi connectivity index (χ2v) is 11.8. The van der Waals surface area contributed by atoms with Gasteiger partial charge in [-0.3, -0.25) is 18.2 Å². The zero-order chi connectivity index (χ0) is 25.6. The van der Waals surface area contributed by atoms with E-state index in [2.05, 4.69) is 9.44 Å². The largest absolute Gasteiger partial charge is 0.416 e. The monoisotopic (exact) mass is 543 g/mol. The summed E-state index contributed by atoms with van der Waals surface area (Å²) in [7, 11) is -7.10. The Morgan fingerprint density at radius 1 is 0.800 bits per heavy atom. The van der Waals surface area contributed by atoms with Gasteiger partial charge < -0.3 is 0 Å². The smallest absolute Gasteiger partial charge is 0.297 e. The SMILES string of the molecule is Cn1sc(=O)c2cc(S(=O)(=O)Nc3ccccc3NS(=O)(=O)c3cccc(C(F)(F)F)c3)ccc21. The van der Waals surface area contributed by atoms with Crippen LogP contribution in [0.4, 0.5) is 24.5 Å². The number of alkyl halides is 3. The van der Waals surface area contributed by atoms with E-state index in [-0.39, 0.29) is 26.4 Å². The van der Waals surface area contributed by atoms with Crippen LogP contribution in [0.15, 0.2) is 81.3 Å².